The summed E-state index contributed by atoms with van der Waals surface area (Å²) in [7, 11) is 0. The number of halogens is 1. The van der Waals surface area contributed by atoms with Gasteiger partial charge in [-0.2, -0.15) is 0 Å². The minimum absolute atomic E-state index is 0.237. The van der Waals surface area contributed by atoms with Crippen LogP contribution in [0.4, 0.5) is 4.39 Å². The standard InChI is InChI=1S/C6H7FN2O/c1-4(10)6-8-2-5(7)3-9-6/h2-4,10H,1H3. The topological polar surface area (TPSA) is 46.0 Å². The van der Waals surface area contributed by atoms with Crippen LogP contribution in [0.5, 0.6) is 0 Å². The Hall–Kier alpha value is -1.03. The second-order valence-electron chi connectivity index (χ2n) is 1.94. The van der Waals surface area contributed by atoms with Crippen molar-refractivity contribution < 1.29 is 9.50 Å². The highest BCUT2D eigenvalue weighted by molar-refractivity contribution is 4.92. The smallest absolute Gasteiger partial charge is 0.159 e. The highest BCUT2D eigenvalue weighted by Crippen LogP contribution is 2.03. The monoisotopic (exact) mass is 142 g/mol. The quantitative estimate of drug-likeness (QED) is 0.626. The van der Waals surface area contributed by atoms with E-state index >= 15 is 0 Å². The number of hydrogen-bond acceptors (Lipinski definition) is 3. The first-order valence-corrected chi connectivity index (χ1v) is 2.85. The average Bonchev–Trinajstić information content (AvgIpc) is 1.88. The molecule has 3 nitrogen and oxygen atoms in total. The van der Waals surface area contributed by atoms with E-state index in [0.29, 0.717) is 0 Å². The van der Waals surface area contributed by atoms with Gasteiger partial charge < -0.3 is 5.11 Å². The molecule has 1 unspecified atom stereocenters. The summed E-state index contributed by atoms with van der Waals surface area (Å²) < 4.78 is 12.1. The molecule has 10 heavy (non-hydrogen) atoms. The lowest BCUT2D eigenvalue weighted by molar-refractivity contribution is 0.188. The molecule has 1 aromatic rings. The fourth-order valence-corrected chi connectivity index (χ4v) is 0.538. The first-order valence-electron chi connectivity index (χ1n) is 2.85. The summed E-state index contributed by atoms with van der Waals surface area (Å²) in [5, 5.41) is 8.87. The molecule has 0 radical (unpaired) electrons. The van der Waals surface area contributed by atoms with Crippen LogP contribution < -0.4 is 0 Å². The van der Waals surface area contributed by atoms with Crippen molar-refractivity contribution in [1.29, 1.82) is 0 Å². The SMILES string of the molecule is CC(O)c1ncc(F)cn1. The molecule has 1 rings (SSSR count). The van der Waals surface area contributed by atoms with Crippen LogP contribution in [0, 0.1) is 5.82 Å². The Bertz CT molecular complexity index is 209. The molecular formula is C6H7FN2O. The summed E-state index contributed by atoms with van der Waals surface area (Å²) in [6.45, 7) is 1.52. The molecule has 0 aliphatic heterocycles. The van der Waals surface area contributed by atoms with Crippen molar-refractivity contribution in [2.24, 2.45) is 0 Å². The lowest BCUT2D eigenvalue weighted by Gasteiger charge is -1.99. The van der Waals surface area contributed by atoms with Crippen molar-refractivity contribution in [3.63, 3.8) is 0 Å². The molecule has 0 aromatic carbocycles. The van der Waals surface area contributed by atoms with Crippen molar-refractivity contribution in [2.45, 2.75) is 13.0 Å². The Balaban J connectivity index is 2.89. The molecule has 4 heteroatoms. The lowest BCUT2D eigenvalue weighted by Crippen LogP contribution is -1.98. The molecule has 0 aliphatic carbocycles. The second kappa shape index (κ2) is 2.70. The van der Waals surface area contributed by atoms with Crippen molar-refractivity contribution >= 4 is 0 Å². The van der Waals surface area contributed by atoms with Crippen LogP contribution in [0.3, 0.4) is 0 Å². The maximum atomic E-state index is 12.1. The zero-order valence-electron chi connectivity index (χ0n) is 5.45. The van der Waals surface area contributed by atoms with Gasteiger partial charge in [-0.3, -0.25) is 0 Å². The highest BCUT2D eigenvalue weighted by Gasteiger charge is 2.02. The summed E-state index contributed by atoms with van der Waals surface area (Å²) in [4.78, 5) is 7.08. The molecule has 0 aliphatic rings. The van der Waals surface area contributed by atoms with E-state index in [1.807, 2.05) is 0 Å². The van der Waals surface area contributed by atoms with Gasteiger partial charge in [0.25, 0.3) is 0 Å². The Labute approximate surface area is 57.6 Å². The zero-order valence-corrected chi connectivity index (χ0v) is 5.45. The van der Waals surface area contributed by atoms with Gasteiger partial charge in [0, 0.05) is 0 Å². The van der Waals surface area contributed by atoms with Crippen molar-refractivity contribution in [3.05, 3.63) is 24.0 Å². The van der Waals surface area contributed by atoms with Gasteiger partial charge in [-0.05, 0) is 6.92 Å². The largest absolute Gasteiger partial charge is 0.385 e. The third-order valence-electron chi connectivity index (χ3n) is 1.01. The number of rotatable bonds is 1. The Morgan fingerprint density at radius 3 is 2.40 bits per heavy atom. The van der Waals surface area contributed by atoms with E-state index in [-0.39, 0.29) is 5.82 Å². The third-order valence-corrected chi connectivity index (χ3v) is 1.01. The molecular weight excluding hydrogens is 135 g/mol. The molecule has 0 saturated carbocycles. The highest BCUT2D eigenvalue weighted by atomic mass is 19.1. The maximum absolute atomic E-state index is 12.1. The fourth-order valence-electron chi connectivity index (χ4n) is 0.538. The average molecular weight is 142 g/mol. The Morgan fingerprint density at radius 2 is 2.00 bits per heavy atom. The van der Waals surface area contributed by atoms with E-state index in [0.717, 1.165) is 12.4 Å². The van der Waals surface area contributed by atoms with Gasteiger partial charge >= 0.3 is 0 Å². The number of aliphatic hydroxyl groups excluding tert-OH is 1. The number of nitrogens with zero attached hydrogens (tertiary/aromatic N) is 2. The molecule has 0 saturated heterocycles. The molecule has 0 amide bonds. The molecule has 54 valence electrons. The van der Waals surface area contributed by atoms with Crippen molar-refractivity contribution in [3.8, 4) is 0 Å². The third kappa shape index (κ3) is 1.48. The van der Waals surface area contributed by atoms with Crippen LogP contribution in [0.15, 0.2) is 12.4 Å². The van der Waals surface area contributed by atoms with E-state index < -0.39 is 11.9 Å². The molecule has 1 N–H and O–H groups in total. The van der Waals surface area contributed by atoms with E-state index in [4.69, 9.17) is 5.11 Å². The molecule has 1 atom stereocenters. The zero-order chi connectivity index (χ0) is 7.56. The predicted molar refractivity (Wildman–Crippen MR) is 32.6 cm³/mol. The van der Waals surface area contributed by atoms with E-state index in [1.165, 1.54) is 6.92 Å². The lowest BCUT2D eigenvalue weighted by atomic mass is 10.4. The minimum Gasteiger partial charge on any atom is -0.385 e. The second-order valence-corrected chi connectivity index (χ2v) is 1.94. The van der Waals surface area contributed by atoms with Gasteiger partial charge in [-0.1, -0.05) is 0 Å². The summed E-state index contributed by atoms with van der Waals surface area (Å²) in [5.41, 5.74) is 0. The van der Waals surface area contributed by atoms with Crippen LogP contribution in [0.2, 0.25) is 0 Å². The van der Waals surface area contributed by atoms with Gasteiger partial charge in [-0.25, -0.2) is 14.4 Å². The van der Waals surface area contributed by atoms with Crippen molar-refractivity contribution in [2.75, 3.05) is 0 Å². The normalized spacial score (nSPS) is 13.1. The summed E-state index contributed by atoms with van der Waals surface area (Å²) >= 11 is 0. The number of hydrogen-bond donors (Lipinski definition) is 1. The predicted octanol–water partition coefficient (Wildman–Crippen LogP) is 0.669. The van der Waals surface area contributed by atoms with Crippen LogP contribution in [-0.4, -0.2) is 15.1 Å². The van der Waals surface area contributed by atoms with Gasteiger partial charge in [0.1, 0.15) is 6.10 Å². The molecule has 1 heterocycles. The molecule has 0 spiro atoms. The first kappa shape index (κ1) is 7.08. The van der Waals surface area contributed by atoms with Crippen LogP contribution in [0.25, 0.3) is 0 Å². The van der Waals surface area contributed by atoms with Gasteiger partial charge in [0.2, 0.25) is 0 Å². The van der Waals surface area contributed by atoms with Gasteiger partial charge in [-0.15, -0.1) is 0 Å². The Morgan fingerprint density at radius 1 is 1.50 bits per heavy atom. The van der Waals surface area contributed by atoms with Crippen LogP contribution >= 0.6 is 0 Å². The first-order chi connectivity index (χ1) is 4.70. The van der Waals surface area contributed by atoms with Crippen LogP contribution in [-0.2, 0) is 0 Å². The number of aliphatic hydroxyl groups is 1. The summed E-state index contributed by atoms with van der Waals surface area (Å²) in [6.07, 6.45) is 1.31. The summed E-state index contributed by atoms with van der Waals surface area (Å²) in [6, 6.07) is 0. The minimum atomic E-state index is -0.736. The van der Waals surface area contributed by atoms with E-state index in [2.05, 4.69) is 9.97 Å². The number of aromatic nitrogens is 2. The Kier molecular flexibility index (Phi) is 1.91. The summed E-state index contributed by atoms with van der Waals surface area (Å²) in [5.74, 6) is -0.259. The molecule has 0 bridgehead atoms. The molecule has 1 aromatic heterocycles. The maximum Gasteiger partial charge on any atom is 0.159 e. The van der Waals surface area contributed by atoms with E-state index in [9.17, 15) is 4.39 Å². The van der Waals surface area contributed by atoms with Gasteiger partial charge in [0.15, 0.2) is 11.6 Å². The van der Waals surface area contributed by atoms with Crippen LogP contribution in [0.1, 0.15) is 18.9 Å². The van der Waals surface area contributed by atoms with E-state index in [1.54, 1.807) is 0 Å². The van der Waals surface area contributed by atoms with Crippen molar-refractivity contribution in [1.82, 2.24) is 9.97 Å². The molecule has 0 fully saturated rings. The fraction of sp³-hybridized carbons (Fsp3) is 0.333. The van der Waals surface area contributed by atoms with Gasteiger partial charge in [0.05, 0.1) is 12.4 Å².